The Morgan fingerprint density at radius 2 is 1.93 bits per heavy atom. The van der Waals surface area contributed by atoms with Gasteiger partial charge in [-0.15, -0.1) is 0 Å². The number of rotatable bonds is 8. The number of hydrogen-bond acceptors (Lipinski definition) is 2. The molecule has 1 aliphatic rings. The third-order valence-electron chi connectivity index (χ3n) is 2.83. The van der Waals surface area contributed by atoms with Gasteiger partial charge in [0.15, 0.2) is 0 Å². The summed E-state index contributed by atoms with van der Waals surface area (Å²) in [7, 11) is -2.75. The van der Waals surface area contributed by atoms with Gasteiger partial charge in [0.2, 0.25) is 0 Å². The largest absolute Gasteiger partial charge is 0.229 e. The quantitative estimate of drug-likeness (QED) is 0.509. The molecule has 1 aliphatic carbocycles. The molecule has 0 N–H and O–H groups in total. The number of sulfone groups is 1. The van der Waals surface area contributed by atoms with Gasteiger partial charge < -0.3 is 0 Å². The van der Waals surface area contributed by atoms with Crippen LogP contribution in [0.25, 0.3) is 0 Å². The van der Waals surface area contributed by atoms with Gasteiger partial charge in [0, 0.05) is 10.6 Å². The van der Waals surface area contributed by atoms with Gasteiger partial charge in [-0.3, -0.25) is 0 Å². The molecular weight excluding hydrogens is 276 g/mol. The van der Waals surface area contributed by atoms with Crippen molar-refractivity contribution in [3.05, 3.63) is 0 Å². The van der Waals surface area contributed by atoms with Crippen molar-refractivity contribution in [1.29, 1.82) is 0 Å². The van der Waals surface area contributed by atoms with Crippen LogP contribution in [0.4, 0.5) is 0 Å². The molecule has 4 heteroatoms. The Bertz CT molecular complexity index is 270. The van der Waals surface area contributed by atoms with Crippen LogP contribution in [0.15, 0.2) is 0 Å². The Hall–Kier alpha value is 0.430. The molecule has 2 nitrogen and oxygen atoms in total. The average molecular weight is 297 g/mol. The molecule has 1 atom stereocenters. The molecule has 0 bridgehead atoms. The van der Waals surface area contributed by atoms with E-state index in [9.17, 15) is 8.42 Å². The van der Waals surface area contributed by atoms with E-state index in [2.05, 4.69) is 15.9 Å². The van der Waals surface area contributed by atoms with Crippen LogP contribution in [0.5, 0.6) is 0 Å². The van der Waals surface area contributed by atoms with Crippen molar-refractivity contribution in [2.24, 2.45) is 5.92 Å². The second-order valence-electron chi connectivity index (χ2n) is 4.50. The number of unbranched alkanes of at least 4 members (excludes halogenated alkanes) is 1. The zero-order chi connectivity index (χ0) is 11.3. The Labute approximate surface area is 102 Å². The summed E-state index contributed by atoms with van der Waals surface area (Å²) in [6.07, 6.45) is 6.44. The van der Waals surface area contributed by atoms with E-state index in [-0.39, 0.29) is 0 Å². The Morgan fingerprint density at radius 1 is 1.27 bits per heavy atom. The molecule has 0 amide bonds. The summed E-state index contributed by atoms with van der Waals surface area (Å²) < 4.78 is 22.8. The zero-order valence-corrected chi connectivity index (χ0v) is 11.8. The maximum absolute atomic E-state index is 11.4. The van der Waals surface area contributed by atoms with Gasteiger partial charge >= 0.3 is 0 Å². The van der Waals surface area contributed by atoms with Crippen molar-refractivity contribution < 1.29 is 8.42 Å². The van der Waals surface area contributed by atoms with Gasteiger partial charge in [0.25, 0.3) is 0 Å². The fourth-order valence-electron chi connectivity index (χ4n) is 1.77. The summed E-state index contributed by atoms with van der Waals surface area (Å²) in [5, 5.41) is 0. The molecule has 0 aliphatic heterocycles. The van der Waals surface area contributed by atoms with Crippen LogP contribution in [-0.4, -0.2) is 24.8 Å². The van der Waals surface area contributed by atoms with Crippen molar-refractivity contribution in [3.8, 4) is 0 Å². The van der Waals surface area contributed by atoms with Crippen molar-refractivity contribution >= 4 is 25.8 Å². The first-order valence-electron chi connectivity index (χ1n) is 5.89. The summed E-state index contributed by atoms with van der Waals surface area (Å²) >= 11 is 3.67. The lowest BCUT2D eigenvalue weighted by Gasteiger charge is -2.07. The summed E-state index contributed by atoms with van der Waals surface area (Å²) in [5.41, 5.74) is 0. The molecule has 0 aromatic carbocycles. The maximum atomic E-state index is 11.4. The Kier molecular flexibility index (Phi) is 5.61. The van der Waals surface area contributed by atoms with Gasteiger partial charge in [-0.25, -0.2) is 8.42 Å². The summed E-state index contributed by atoms with van der Waals surface area (Å²) in [6.45, 7) is 1.92. The molecule has 15 heavy (non-hydrogen) atoms. The Balaban J connectivity index is 2.05. The third-order valence-corrected chi connectivity index (χ3v) is 5.98. The second kappa shape index (κ2) is 6.24. The van der Waals surface area contributed by atoms with E-state index in [1.54, 1.807) is 0 Å². The summed E-state index contributed by atoms with van der Waals surface area (Å²) in [5.74, 6) is 1.61. The predicted octanol–water partition coefficient (Wildman–Crippen LogP) is 3.16. The third kappa shape index (κ3) is 5.91. The molecule has 1 unspecified atom stereocenters. The van der Waals surface area contributed by atoms with E-state index in [1.807, 2.05) is 6.92 Å². The first-order valence-corrected chi connectivity index (χ1v) is 8.63. The molecule has 0 radical (unpaired) electrons. The molecule has 0 aromatic heterocycles. The van der Waals surface area contributed by atoms with Gasteiger partial charge in [-0.1, -0.05) is 29.3 Å². The van der Waals surface area contributed by atoms with Crippen molar-refractivity contribution in [3.63, 3.8) is 0 Å². The van der Waals surface area contributed by atoms with Crippen molar-refractivity contribution in [1.82, 2.24) is 0 Å². The highest BCUT2D eigenvalue weighted by Gasteiger charge is 2.28. The normalized spacial score (nSPS) is 19.1. The topological polar surface area (TPSA) is 34.1 Å². The summed E-state index contributed by atoms with van der Waals surface area (Å²) in [4.78, 5) is 0.631. The lowest BCUT2D eigenvalue weighted by atomic mass is 10.1. The lowest BCUT2D eigenvalue weighted by Crippen LogP contribution is -2.11. The van der Waals surface area contributed by atoms with Crippen LogP contribution in [0.3, 0.4) is 0 Å². The fraction of sp³-hybridized carbons (Fsp3) is 1.00. The number of halogens is 1. The van der Waals surface area contributed by atoms with E-state index in [1.165, 1.54) is 12.8 Å². The molecule has 0 spiro atoms. The molecule has 1 fully saturated rings. The molecule has 90 valence electrons. The highest BCUT2D eigenvalue weighted by Crippen LogP contribution is 2.38. The van der Waals surface area contributed by atoms with Crippen LogP contribution < -0.4 is 0 Å². The first kappa shape index (κ1) is 13.5. The van der Waals surface area contributed by atoms with Crippen LogP contribution in [0.2, 0.25) is 0 Å². The number of alkyl halides is 1. The molecule has 1 saturated carbocycles. The Morgan fingerprint density at radius 3 is 2.47 bits per heavy atom. The van der Waals surface area contributed by atoms with Gasteiger partial charge in [0.1, 0.15) is 9.84 Å². The van der Waals surface area contributed by atoms with Gasteiger partial charge in [-0.2, -0.15) is 0 Å². The highest BCUT2D eigenvalue weighted by atomic mass is 79.9. The SMILES string of the molecule is CCCS(=O)(=O)CCCCC(Br)C1CC1. The second-order valence-corrected chi connectivity index (χ2v) is 7.98. The van der Waals surface area contributed by atoms with Crippen LogP contribution >= 0.6 is 15.9 Å². The average Bonchev–Trinajstić information content (AvgIpc) is 2.95. The highest BCUT2D eigenvalue weighted by molar-refractivity contribution is 9.09. The van der Waals surface area contributed by atoms with Gasteiger partial charge in [-0.05, 0) is 38.0 Å². The molecule has 0 saturated heterocycles. The van der Waals surface area contributed by atoms with Gasteiger partial charge in [0.05, 0.1) is 5.75 Å². The summed E-state index contributed by atoms with van der Waals surface area (Å²) in [6, 6.07) is 0. The molecule has 0 aromatic rings. The van der Waals surface area contributed by atoms with E-state index in [0.29, 0.717) is 16.3 Å². The van der Waals surface area contributed by atoms with E-state index >= 15 is 0 Å². The van der Waals surface area contributed by atoms with Crippen LogP contribution in [0.1, 0.15) is 45.4 Å². The molecule has 0 heterocycles. The lowest BCUT2D eigenvalue weighted by molar-refractivity contribution is 0.585. The monoisotopic (exact) mass is 296 g/mol. The number of hydrogen-bond donors (Lipinski definition) is 0. The maximum Gasteiger partial charge on any atom is 0.150 e. The molecule has 1 rings (SSSR count). The smallest absolute Gasteiger partial charge is 0.150 e. The molecular formula is C11H21BrO2S. The fourth-order valence-corrected chi connectivity index (χ4v) is 4.09. The van der Waals surface area contributed by atoms with Crippen LogP contribution in [-0.2, 0) is 9.84 Å². The minimum absolute atomic E-state index is 0.355. The zero-order valence-electron chi connectivity index (χ0n) is 9.41. The van der Waals surface area contributed by atoms with Crippen molar-refractivity contribution in [2.45, 2.75) is 50.3 Å². The predicted molar refractivity (Wildman–Crippen MR) is 68.2 cm³/mol. The standard InChI is InChI=1S/C11H21BrO2S/c1-2-8-15(13,14)9-4-3-5-11(12)10-6-7-10/h10-11H,2-9H2,1H3. The van der Waals surface area contributed by atoms with Crippen molar-refractivity contribution in [2.75, 3.05) is 11.5 Å². The van der Waals surface area contributed by atoms with E-state index < -0.39 is 9.84 Å². The minimum Gasteiger partial charge on any atom is -0.229 e. The van der Waals surface area contributed by atoms with E-state index in [0.717, 1.165) is 31.6 Å². The van der Waals surface area contributed by atoms with Crippen LogP contribution in [0, 0.1) is 5.92 Å². The minimum atomic E-state index is -2.75. The van der Waals surface area contributed by atoms with E-state index in [4.69, 9.17) is 0 Å². The first-order chi connectivity index (χ1) is 7.05.